The van der Waals surface area contributed by atoms with Gasteiger partial charge in [0.1, 0.15) is 13.8 Å². The van der Waals surface area contributed by atoms with E-state index in [1.165, 1.54) is 7.11 Å². The van der Waals surface area contributed by atoms with Gasteiger partial charge in [-0.3, -0.25) is 0 Å². The maximum Gasteiger partial charge on any atom is 0.409 e. The fourth-order valence-electron chi connectivity index (χ4n) is 2.72. The number of alkyl halides is 3. The Kier molecular flexibility index (Phi) is 5.75. The molecule has 1 unspecified atom stereocenters. The number of rotatable bonds is 5. The summed E-state index contributed by atoms with van der Waals surface area (Å²) in [6.07, 6.45) is -4.89. The number of benzene rings is 2. The van der Waals surface area contributed by atoms with E-state index < -0.39 is 25.6 Å². The zero-order valence-electron chi connectivity index (χ0n) is 14.3. The normalized spacial score (nSPS) is 14.3. The smallest absolute Gasteiger partial charge is 0.409 e. The van der Waals surface area contributed by atoms with Gasteiger partial charge >= 0.3 is 6.18 Å². The SMILES string of the molecule is COc1ccc(C(O)/C=C(\C(F)(F)F)[Si](C)(C)c2ccccc2)cc1. The van der Waals surface area contributed by atoms with Gasteiger partial charge < -0.3 is 9.84 Å². The Labute approximate surface area is 146 Å². The second-order valence-electron chi connectivity index (χ2n) is 6.29. The molecule has 0 aromatic heterocycles. The summed E-state index contributed by atoms with van der Waals surface area (Å²) in [6.45, 7) is 3.28. The van der Waals surface area contributed by atoms with Crippen molar-refractivity contribution < 1.29 is 23.0 Å². The molecule has 6 heteroatoms. The predicted molar refractivity (Wildman–Crippen MR) is 95.6 cm³/mol. The molecule has 0 amide bonds. The third-order valence-corrected chi connectivity index (χ3v) is 7.83. The fourth-order valence-corrected chi connectivity index (χ4v) is 5.34. The average molecular weight is 366 g/mol. The number of methoxy groups -OCH3 is 1. The van der Waals surface area contributed by atoms with Crippen LogP contribution in [0.3, 0.4) is 0 Å². The van der Waals surface area contributed by atoms with Crippen molar-refractivity contribution >= 4 is 13.3 Å². The Balaban J connectivity index is 2.44. The molecular formula is C19H21F3O2Si. The molecule has 0 aliphatic heterocycles. The molecule has 0 fully saturated rings. The summed E-state index contributed by atoms with van der Waals surface area (Å²) in [5.74, 6) is 0.579. The number of halogens is 3. The lowest BCUT2D eigenvalue weighted by molar-refractivity contribution is -0.0864. The maximum absolute atomic E-state index is 13.7. The second kappa shape index (κ2) is 7.45. The lowest BCUT2D eigenvalue weighted by Gasteiger charge is -2.29. The van der Waals surface area contributed by atoms with E-state index in [0.29, 0.717) is 16.5 Å². The number of hydrogen-bond acceptors (Lipinski definition) is 2. The van der Waals surface area contributed by atoms with E-state index >= 15 is 0 Å². The number of allylic oxidation sites excluding steroid dienone is 1. The van der Waals surface area contributed by atoms with Crippen molar-refractivity contribution in [2.45, 2.75) is 25.4 Å². The summed E-state index contributed by atoms with van der Waals surface area (Å²) in [7, 11) is -1.51. The Morgan fingerprint density at radius 3 is 2.08 bits per heavy atom. The molecule has 1 N–H and O–H groups in total. The standard InChI is InChI=1S/C19H21F3O2Si/c1-24-15-11-9-14(10-12-15)17(23)13-18(19(20,21)22)25(2,3)16-7-5-4-6-8-16/h4-13,17,23H,1-3H3/b18-13+. The van der Waals surface area contributed by atoms with Crippen LogP contribution in [-0.2, 0) is 0 Å². The van der Waals surface area contributed by atoms with Gasteiger partial charge in [-0.2, -0.15) is 13.2 Å². The van der Waals surface area contributed by atoms with Crippen LogP contribution in [0.5, 0.6) is 5.75 Å². The highest BCUT2D eigenvalue weighted by Crippen LogP contribution is 2.35. The van der Waals surface area contributed by atoms with Crippen LogP contribution in [0.15, 0.2) is 65.9 Å². The molecule has 0 saturated carbocycles. The maximum atomic E-state index is 13.7. The minimum Gasteiger partial charge on any atom is -0.497 e. The van der Waals surface area contributed by atoms with E-state index in [-0.39, 0.29) is 0 Å². The molecule has 0 aliphatic carbocycles. The summed E-state index contributed by atoms with van der Waals surface area (Å²) in [4.78, 5) is 0. The number of ether oxygens (including phenoxy) is 1. The Morgan fingerprint density at radius 2 is 1.60 bits per heavy atom. The van der Waals surface area contributed by atoms with Gasteiger partial charge in [-0.1, -0.05) is 60.7 Å². The van der Waals surface area contributed by atoms with Crippen molar-refractivity contribution in [3.05, 3.63) is 71.4 Å². The van der Waals surface area contributed by atoms with Crippen molar-refractivity contribution in [2.75, 3.05) is 7.11 Å². The summed E-state index contributed by atoms with van der Waals surface area (Å²) < 4.78 is 46.2. The van der Waals surface area contributed by atoms with E-state index in [1.807, 2.05) is 0 Å². The van der Waals surface area contributed by atoms with Crippen LogP contribution >= 0.6 is 0 Å². The van der Waals surface area contributed by atoms with Crippen LogP contribution in [0, 0.1) is 0 Å². The summed E-state index contributed by atoms with van der Waals surface area (Å²) in [6, 6.07) is 15.0. The highest BCUT2D eigenvalue weighted by atomic mass is 28.3. The third kappa shape index (κ3) is 4.52. The molecular weight excluding hydrogens is 345 g/mol. The Hall–Kier alpha value is -2.05. The lowest BCUT2D eigenvalue weighted by Crippen LogP contribution is -2.48. The van der Waals surface area contributed by atoms with Gasteiger partial charge in [-0.25, -0.2) is 0 Å². The first-order valence-corrected chi connectivity index (χ1v) is 10.8. The van der Waals surface area contributed by atoms with Gasteiger partial charge in [0.25, 0.3) is 0 Å². The van der Waals surface area contributed by atoms with Crippen LogP contribution in [0.2, 0.25) is 13.1 Å². The fraction of sp³-hybridized carbons (Fsp3) is 0.263. The molecule has 0 radical (unpaired) electrons. The molecule has 2 aromatic carbocycles. The van der Waals surface area contributed by atoms with E-state index in [9.17, 15) is 18.3 Å². The number of hydrogen-bond donors (Lipinski definition) is 1. The van der Waals surface area contributed by atoms with Gasteiger partial charge in [0.15, 0.2) is 0 Å². The zero-order chi connectivity index (χ0) is 18.7. The van der Waals surface area contributed by atoms with Gasteiger partial charge in [-0.05, 0) is 23.8 Å². The summed E-state index contributed by atoms with van der Waals surface area (Å²) in [5, 5.41) is 10.4. The highest BCUT2D eigenvalue weighted by molar-refractivity contribution is 6.95. The minimum absolute atomic E-state index is 0.389. The monoisotopic (exact) mass is 366 g/mol. The molecule has 0 heterocycles. The van der Waals surface area contributed by atoms with Crippen molar-refractivity contribution in [3.8, 4) is 5.75 Å². The van der Waals surface area contributed by atoms with E-state index in [0.717, 1.165) is 6.08 Å². The number of aliphatic hydroxyl groups is 1. The Bertz CT molecular complexity index is 723. The van der Waals surface area contributed by atoms with Gasteiger partial charge in [0, 0.05) is 5.20 Å². The first kappa shape index (κ1) is 19.3. The molecule has 0 bridgehead atoms. The molecule has 0 aliphatic rings. The van der Waals surface area contributed by atoms with Crippen molar-refractivity contribution in [1.29, 1.82) is 0 Å². The highest BCUT2D eigenvalue weighted by Gasteiger charge is 2.45. The molecule has 2 rings (SSSR count). The van der Waals surface area contributed by atoms with Gasteiger partial charge in [0.05, 0.1) is 13.2 Å². The number of aliphatic hydroxyl groups excluding tert-OH is 1. The summed E-state index contributed by atoms with van der Waals surface area (Å²) >= 11 is 0. The van der Waals surface area contributed by atoms with Gasteiger partial charge in [-0.15, -0.1) is 0 Å². The topological polar surface area (TPSA) is 29.5 Å². The van der Waals surface area contributed by atoms with E-state index in [1.54, 1.807) is 67.7 Å². The molecule has 0 spiro atoms. The third-order valence-electron chi connectivity index (χ3n) is 4.26. The van der Waals surface area contributed by atoms with Crippen LogP contribution in [0.4, 0.5) is 13.2 Å². The zero-order valence-corrected chi connectivity index (χ0v) is 15.3. The first-order valence-electron chi connectivity index (χ1n) is 7.83. The van der Waals surface area contributed by atoms with Crippen molar-refractivity contribution in [1.82, 2.24) is 0 Å². The molecule has 0 saturated heterocycles. The molecule has 2 aromatic rings. The van der Waals surface area contributed by atoms with Crippen molar-refractivity contribution in [3.63, 3.8) is 0 Å². The average Bonchev–Trinajstić information content (AvgIpc) is 2.59. The van der Waals surface area contributed by atoms with Gasteiger partial charge in [0.2, 0.25) is 0 Å². The van der Waals surface area contributed by atoms with E-state index in [4.69, 9.17) is 4.74 Å². The quantitative estimate of drug-likeness (QED) is 0.796. The first-order chi connectivity index (χ1) is 11.7. The van der Waals surface area contributed by atoms with Crippen LogP contribution < -0.4 is 9.92 Å². The largest absolute Gasteiger partial charge is 0.497 e. The summed E-state index contributed by atoms with van der Waals surface area (Å²) in [5.41, 5.74) is 0.389. The predicted octanol–water partition coefficient (Wildman–Crippen LogP) is 4.37. The second-order valence-corrected chi connectivity index (χ2v) is 10.7. The molecule has 2 nitrogen and oxygen atoms in total. The lowest BCUT2D eigenvalue weighted by atomic mass is 10.1. The van der Waals surface area contributed by atoms with E-state index in [2.05, 4.69) is 0 Å². The van der Waals surface area contributed by atoms with Crippen LogP contribution in [0.25, 0.3) is 0 Å². The Morgan fingerprint density at radius 1 is 1.04 bits per heavy atom. The van der Waals surface area contributed by atoms with Crippen molar-refractivity contribution in [2.24, 2.45) is 0 Å². The van der Waals surface area contributed by atoms with Crippen LogP contribution in [0.1, 0.15) is 11.7 Å². The van der Waals surface area contributed by atoms with Crippen LogP contribution in [-0.4, -0.2) is 26.5 Å². The molecule has 1 atom stereocenters. The molecule has 134 valence electrons. The minimum atomic E-state index is -4.50. The molecule has 25 heavy (non-hydrogen) atoms.